The molecule has 0 radical (unpaired) electrons. The highest BCUT2D eigenvalue weighted by atomic mass is 32.2. The largest absolute Gasteiger partial charge is 0.378 e. The number of hydrogen-bond donors (Lipinski definition) is 1. The third-order valence-corrected chi connectivity index (χ3v) is 5.61. The molecule has 2 aliphatic rings. The number of piperidine rings is 1. The van der Waals surface area contributed by atoms with Gasteiger partial charge in [0.05, 0.1) is 13.2 Å². The van der Waals surface area contributed by atoms with Gasteiger partial charge in [0, 0.05) is 38.6 Å². The molecule has 8 heteroatoms. The summed E-state index contributed by atoms with van der Waals surface area (Å²) >= 11 is 0. The second-order valence-corrected chi connectivity index (χ2v) is 7.27. The Hall–Kier alpha value is -0.700. The van der Waals surface area contributed by atoms with E-state index in [1.165, 1.54) is 4.31 Å². The minimum Gasteiger partial charge on any atom is -0.378 e. The van der Waals surface area contributed by atoms with Crippen LogP contribution in [0.15, 0.2) is 0 Å². The number of carbonyl (C=O) groups excluding carboxylic acids is 1. The summed E-state index contributed by atoms with van der Waals surface area (Å²) in [5, 5.41) is 0. The molecule has 122 valence electrons. The average molecular weight is 319 g/mol. The van der Waals surface area contributed by atoms with Gasteiger partial charge in [-0.3, -0.25) is 4.79 Å². The summed E-state index contributed by atoms with van der Waals surface area (Å²) < 4.78 is 33.3. The lowest BCUT2D eigenvalue weighted by Gasteiger charge is -2.35. The fraction of sp³-hybridized carbons (Fsp3) is 0.923. The summed E-state index contributed by atoms with van der Waals surface area (Å²) in [4.78, 5) is 14.2. The van der Waals surface area contributed by atoms with Gasteiger partial charge >= 0.3 is 0 Å². The zero-order chi connectivity index (χ0) is 15.3. The van der Waals surface area contributed by atoms with Crippen molar-refractivity contribution in [3.8, 4) is 0 Å². The molecule has 21 heavy (non-hydrogen) atoms. The molecule has 2 heterocycles. The predicted molar refractivity (Wildman–Crippen MR) is 78.9 cm³/mol. The normalized spacial score (nSPS) is 22.4. The van der Waals surface area contributed by atoms with Crippen LogP contribution in [0, 0.1) is 5.92 Å². The van der Waals surface area contributed by atoms with Gasteiger partial charge in [0.1, 0.15) is 0 Å². The number of hydrogen-bond acceptors (Lipinski definition) is 4. The lowest BCUT2D eigenvalue weighted by atomic mass is 9.96. The Morgan fingerprint density at radius 1 is 1.19 bits per heavy atom. The smallest absolute Gasteiger partial charge is 0.279 e. The molecule has 2 fully saturated rings. The van der Waals surface area contributed by atoms with E-state index in [4.69, 9.17) is 4.74 Å². The number of nitrogens with one attached hydrogen (secondary N) is 1. The molecule has 0 aromatic carbocycles. The Balaban J connectivity index is 1.83. The fourth-order valence-electron chi connectivity index (χ4n) is 2.71. The highest BCUT2D eigenvalue weighted by Crippen LogP contribution is 2.21. The van der Waals surface area contributed by atoms with Crippen LogP contribution in [-0.2, 0) is 19.7 Å². The van der Waals surface area contributed by atoms with Crippen LogP contribution in [0.2, 0.25) is 0 Å². The summed E-state index contributed by atoms with van der Waals surface area (Å²) in [6.07, 6.45) is 1.97. The number of morpholine rings is 1. The standard InChI is InChI=1S/C13H25N3O4S/c1-2-5-14-21(18,19)16-6-3-12(4-7-16)13(17)15-8-10-20-11-9-15/h12,14H,2-11H2,1H3. The highest BCUT2D eigenvalue weighted by molar-refractivity contribution is 7.87. The molecular formula is C13H25N3O4S. The van der Waals surface area contributed by atoms with Gasteiger partial charge < -0.3 is 9.64 Å². The summed E-state index contributed by atoms with van der Waals surface area (Å²) in [5.41, 5.74) is 0. The van der Waals surface area contributed by atoms with E-state index in [1.54, 1.807) is 0 Å². The van der Waals surface area contributed by atoms with Crippen LogP contribution in [0.1, 0.15) is 26.2 Å². The Kier molecular flexibility index (Phi) is 5.98. The molecule has 2 saturated heterocycles. The molecule has 0 unspecified atom stereocenters. The first kappa shape index (κ1) is 16.7. The number of carbonyl (C=O) groups is 1. The maximum atomic E-state index is 12.4. The van der Waals surface area contributed by atoms with Gasteiger partial charge in [0.2, 0.25) is 5.91 Å². The fourth-order valence-corrected chi connectivity index (χ4v) is 4.04. The van der Waals surface area contributed by atoms with Crippen molar-refractivity contribution in [1.29, 1.82) is 0 Å². The summed E-state index contributed by atoms with van der Waals surface area (Å²) in [5.74, 6) is 0.0950. The van der Waals surface area contributed by atoms with Crippen molar-refractivity contribution in [3.05, 3.63) is 0 Å². The van der Waals surface area contributed by atoms with Gasteiger partial charge in [-0.1, -0.05) is 6.92 Å². The zero-order valence-electron chi connectivity index (χ0n) is 12.6. The monoisotopic (exact) mass is 319 g/mol. The van der Waals surface area contributed by atoms with E-state index >= 15 is 0 Å². The Morgan fingerprint density at radius 2 is 1.81 bits per heavy atom. The van der Waals surface area contributed by atoms with Crippen molar-refractivity contribution in [2.24, 2.45) is 5.92 Å². The topological polar surface area (TPSA) is 79.0 Å². The summed E-state index contributed by atoms with van der Waals surface area (Å²) in [6.45, 7) is 5.70. The molecule has 1 amide bonds. The number of ether oxygens (including phenoxy) is 1. The second kappa shape index (κ2) is 7.53. The van der Waals surface area contributed by atoms with Crippen LogP contribution in [0.3, 0.4) is 0 Å². The van der Waals surface area contributed by atoms with Gasteiger partial charge in [-0.25, -0.2) is 4.72 Å². The van der Waals surface area contributed by atoms with E-state index in [0.29, 0.717) is 58.8 Å². The molecule has 0 aliphatic carbocycles. The first-order valence-electron chi connectivity index (χ1n) is 7.66. The van der Waals surface area contributed by atoms with Gasteiger partial charge in [-0.15, -0.1) is 0 Å². The SMILES string of the molecule is CCCNS(=O)(=O)N1CCC(C(=O)N2CCOCC2)CC1. The average Bonchev–Trinajstić information content (AvgIpc) is 2.53. The molecule has 0 atom stereocenters. The zero-order valence-corrected chi connectivity index (χ0v) is 13.4. The van der Waals surface area contributed by atoms with Crippen molar-refractivity contribution in [2.45, 2.75) is 26.2 Å². The van der Waals surface area contributed by atoms with E-state index in [-0.39, 0.29) is 11.8 Å². The third kappa shape index (κ3) is 4.38. The molecule has 2 rings (SSSR count). The minimum absolute atomic E-state index is 0.0549. The van der Waals surface area contributed by atoms with Crippen LogP contribution >= 0.6 is 0 Å². The van der Waals surface area contributed by atoms with Gasteiger partial charge in [-0.05, 0) is 19.3 Å². The van der Waals surface area contributed by atoms with Crippen LogP contribution in [0.25, 0.3) is 0 Å². The third-order valence-electron chi connectivity index (χ3n) is 4.00. The quantitative estimate of drug-likeness (QED) is 0.761. The van der Waals surface area contributed by atoms with Crippen molar-refractivity contribution in [1.82, 2.24) is 13.9 Å². The van der Waals surface area contributed by atoms with Crippen LogP contribution in [0.4, 0.5) is 0 Å². The molecule has 1 N–H and O–H groups in total. The maximum Gasteiger partial charge on any atom is 0.279 e. The van der Waals surface area contributed by atoms with E-state index in [9.17, 15) is 13.2 Å². The molecule has 0 bridgehead atoms. The van der Waals surface area contributed by atoms with E-state index in [0.717, 1.165) is 6.42 Å². The van der Waals surface area contributed by atoms with Crippen LogP contribution < -0.4 is 4.72 Å². The Bertz CT molecular complexity index is 440. The first-order valence-corrected chi connectivity index (χ1v) is 9.10. The first-order chi connectivity index (χ1) is 10.0. The molecule has 7 nitrogen and oxygen atoms in total. The predicted octanol–water partition coefficient (Wildman–Crippen LogP) is -0.198. The molecule has 0 aromatic heterocycles. The van der Waals surface area contributed by atoms with Crippen LogP contribution in [0.5, 0.6) is 0 Å². The second-order valence-electron chi connectivity index (χ2n) is 5.51. The Morgan fingerprint density at radius 3 is 2.38 bits per heavy atom. The van der Waals surface area contributed by atoms with Crippen molar-refractivity contribution >= 4 is 16.1 Å². The number of nitrogens with zero attached hydrogens (tertiary/aromatic N) is 2. The minimum atomic E-state index is -3.38. The lowest BCUT2D eigenvalue weighted by Crippen LogP contribution is -2.49. The Labute approximate surface area is 126 Å². The highest BCUT2D eigenvalue weighted by Gasteiger charge is 2.33. The molecular weight excluding hydrogens is 294 g/mol. The molecule has 0 spiro atoms. The van der Waals surface area contributed by atoms with E-state index in [2.05, 4.69) is 4.72 Å². The lowest BCUT2D eigenvalue weighted by molar-refractivity contribution is -0.140. The van der Waals surface area contributed by atoms with E-state index in [1.807, 2.05) is 11.8 Å². The van der Waals surface area contributed by atoms with Crippen molar-refractivity contribution in [3.63, 3.8) is 0 Å². The van der Waals surface area contributed by atoms with Gasteiger partial charge in [-0.2, -0.15) is 12.7 Å². The van der Waals surface area contributed by atoms with Gasteiger partial charge in [0.15, 0.2) is 0 Å². The summed E-state index contributed by atoms with van der Waals surface area (Å²) in [7, 11) is -3.38. The molecule has 0 saturated carbocycles. The summed E-state index contributed by atoms with van der Waals surface area (Å²) in [6, 6.07) is 0. The maximum absolute atomic E-state index is 12.4. The van der Waals surface area contributed by atoms with Gasteiger partial charge in [0.25, 0.3) is 10.2 Å². The molecule has 0 aromatic rings. The molecule has 2 aliphatic heterocycles. The van der Waals surface area contributed by atoms with Crippen molar-refractivity contribution in [2.75, 3.05) is 45.9 Å². The van der Waals surface area contributed by atoms with Crippen molar-refractivity contribution < 1.29 is 17.9 Å². The number of rotatable bonds is 5. The van der Waals surface area contributed by atoms with Crippen LogP contribution in [-0.4, -0.2) is 69.5 Å². The van der Waals surface area contributed by atoms with E-state index < -0.39 is 10.2 Å². The number of amides is 1.